The molecule has 1 aliphatic heterocycles. The molecule has 0 saturated heterocycles. The maximum absolute atomic E-state index is 12.9. The van der Waals surface area contributed by atoms with Crippen molar-refractivity contribution in [3.8, 4) is 17.2 Å². The first-order chi connectivity index (χ1) is 13.8. The van der Waals surface area contributed by atoms with Crippen molar-refractivity contribution in [1.29, 1.82) is 0 Å². The zero-order valence-corrected chi connectivity index (χ0v) is 17.2. The number of rotatable bonds is 4. The van der Waals surface area contributed by atoms with Gasteiger partial charge in [-0.05, 0) is 75.7 Å². The smallest absolute Gasteiger partial charge is 0.251 e. The van der Waals surface area contributed by atoms with Crippen molar-refractivity contribution in [2.24, 2.45) is 0 Å². The largest absolute Gasteiger partial charge is 0.486 e. The molecule has 0 saturated carbocycles. The molecule has 0 fully saturated rings. The van der Waals surface area contributed by atoms with Gasteiger partial charge in [-0.15, -0.1) is 0 Å². The van der Waals surface area contributed by atoms with E-state index in [-0.39, 0.29) is 5.91 Å². The van der Waals surface area contributed by atoms with Crippen molar-refractivity contribution in [3.63, 3.8) is 0 Å². The molecule has 6 heteroatoms. The van der Waals surface area contributed by atoms with Gasteiger partial charge in [-0.3, -0.25) is 4.79 Å². The molecule has 1 aliphatic rings. The van der Waals surface area contributed by atoms with Gasteiger partial charge in [0, 0.05) is 11.3 Å². The predicted molar refractivity (Wildman–Crippen MR) is 111 cm³/mol. The molecule has 0 atom stereocenters. The van der Waals surface area contributed by atoms with E-state index in [2.05, 4.69) is 10.4 Å². The molecule has 2 heterocycles. The molecular weight excluding hydrogens is 366 g/mol. The second kappa shape index (κ2) is 7.28. The summed E-state index contributed by atoms with van der Waals surface area (Å²) in [5, 5.41) is 7.60. The van der Waals surface area contributed by atoms with Crippen molar-refractivity contribution < 1.29 is 14.3 Å². The molecule has 1 aromatic heterocycles. The number of fused-ring (bicyclic) bond motifs is 1. The van der Waals surface area contributed by atoms with E-state index >= 15 is 0 Å². The molecule has 0 unspecified atom stereocenters. The highest BCUT2D eigenvalue weighted by atomic mass is 16.6. The van der Waals surface area contributed by atoms with E-state index in [4.69, 9.17) is 9.47 Å². The van der Waals surface area contributed by atoms with E-state index < -0.39 is 5.54 Å². The first-order valence-electron chi connectivity index (χ1n) is 9.70. The third-order valence-corrected chi connectivity index (χ3v) is 5.07. The molecule has 6 nitrogen and oxygen atoms in total. The van der Waals surface area contributed by atoms with Crippen LogP contribution in [0.4, 0.5) is 0 Å². The van der Waals surface area contributed by atoms with Gasteiger partial charge in [0.15, 0.2) is 11.5 Å². The van der Waals surface area contributed by atoms with E-state index in [1.807, 2.05) is 80.9 Å². The molecule has 29 heavy (non-hydrogen) atoms. The number of nitrogens with zero attached hydrogens (tertiary/aromatic N) is 2. The highest BCUT2D eigenvalue weighted by Gasteiger charge is 2.25. The Hall–Kier alpha value is -3.28. The number of carbonyl (C=O) groups excluding carboxylic acids is 1. The van der Waals surface area contributed by atoms with Gasteiger partial charge in [0.05, 0.1) is 16.9 Å². The van der Waals surface area contributed by atoms with Crippen LogP contribution in [0.1, 0.15) is 41.2 Å². The summed E-state index contributed by atoms with van der Waals surface area (Å²) in [6.45, 7) is 9.01. The fourth-order valence-corrected chi connectivity index (χ4v) is 3.50. The molecule has 150 valence electrons. The summed E-state index contributed by atoms with van der Waals surface area (Å²) in [7, 11) is 0. The molecule has 0 radical (unpaired) electrons. The topological polar surface area (TPSA) is 65.4 Å². The second-order valence-electron chi connectivity index (χ2n) is 7.82. The Kier molecular flexibility index (Phi) is 4.78. The van der Waals surface area contributed by atoms with E-state index in [9.17, 15) is 4.79 Å². The SMILES string of the molecule is Cc1cc(C)n(-c2ccc(C(=O)NC(C)(C)c3ccc4c(c3)OCCO4)cc2)n1. The number of amides is 1. The number of aryl methyl sites for hydroxylation is 2. The number of carbonyl (C=O) groups is 1. The third-order valence-electron chi connectivity index (χ3n) is 5.07. The molecule has 0 aliphatic carbocycles. The van der Waals surface area contributed by atoms with Crippen LogP contribution in [0.5, 0.6) is 11.5 Å². The van der Waals surface area contributed by atoms with Gasteiger partial charge in [-0.25, -0.2) is 4.68 Å². The number of hydrogen-bond acceptors (Lipinski definition) is 4. The van der Waals surface area contributed by atoms with Gasteiger partial charge in [-0.1, -0.05) is 6.07 Å². The van der Waals surface area contributed by atoms with Crippen LogP contribution in [0.15, 0.2) is 48.5 Å². The Morgan fingerprint density at radius 1 is 1.00 bits per heavy atom. The van der Waals surface area contributed by atoms with Gasteiger partial charge >= 0.3 is 0 Å². The third kappa shape index (κ3) is 3.83. The van der Waals surface area contributed by atoms with Crippen LogP contribution in [0, 0.1) is 13.8 Å². The summed E-state index contributed by atoms with van der Waals surface area (Å²) < 4.78 is 13.1. The molecule has 2 aromatic carbocycles. The van der Waals surface area contributed by atoms with Crippen molar-refractivity contribution in [2.75, 3.05) is 13.2 Å². The molecular formula is C23H25N3O3. The van der Waals surface area contributed by atoms with Crippen LogP contribution < -0.4 is 14.8 Å². The Bertz CT molecular complexity index is 1050. The number of ether oxygens (including phenoxy) is 2. The molecule has 0 spiro atoms. The minimum absolute atomic E-state index is 0.134. The van der Waals surface area contributed by atoms with E-state index in [0.717, 1.165) is 28.4 Å². The molecule has 0 bridgehead atoms. The van der Waals surface area contributed by atoms with Gasteiger partial charge in [0.1, 0.15) is 13.2 Å². The monoisotopic (exact) mass is 391 g/mol. The van der Waals surface area contributed by atoms with Crippen LogP contribution in [0.25, 0.3) is 5.69 Å². The summed E-state index contributed by atoms with van der Waals surface area (Å²) in [6, 6.07) is 15.3. The summed E-state index contributed by atoms with van der Waals surface area (Å²) in [6.07, 6.45) is 0. The zero-order chi connectivity index (χ0) is 20.6. The summed E-state index contributed by atoms with van der Waals surface area (Å²) >= 11 is 0. The van der Waals surface area contributed by atoms with E-state index in [0.29, 0.717) is 24.5 Å². The lowest BCUT2D eigenvalue weighted by Crippen LogP contribution is -2.41. The quantitative estimate of drug-likeness (QED) is 0.732. The molecule has 3 aromatic rings. The fraction of sp³-hybridized carbons (Fsp3) is 0.304. The van der Waals surface area contributed by atoms with Crippen molar-refractivity contribution in [1.82, 2.24) is 15.1 Å². The summed E-state index contributed by atoms with van der Waals surface area (Å²) in [4.78, 5) is 12.9. The number of hydrogen-bond donors (Lipinski definition) is 1. The van der Waals surface area contributed by atoms with Crippen LogP contribution >= 0.6 is 0 Å². The lowest BCUT2D eigenvalue weighted by Gasteiger charge is -2.28. The van der Waals surface area contributed by atoms with Gasteiger partial charge in [-0.2, -0.15) is 5.10 Å². The lowest BCUT2D eigenvalue weighted by molar-refractivity contribution is 0.0911. The van der Waals surface area contributed by atoms with Crippen molar-refractivity contribution in [2.45, 2.75) is 33.2 Å². The summed E-state index contributed by atoms with van der Waals surface area (Å²) in [5.41, 5.74) is 3.93. The number of aromatic nitrogens is 2. The maximum atomic E-state index is 12.9. The van der Waals surface area contributed by atoms with Crippen LogP contribution in [0.2, 0.25) is 0 Å². The van der Waals surface area contributed by atoms with Crippen molar-refractivity contribution >= 4 is 5.91 Å². The molecule has 4 rings (SSSR count). The minimum atomic E-state index is -0.568. The maximum Gasteiger partial charge on any atom is 0.251 e. The van der Waals surface area contributed by atoms with Crippen LogP contribution in [-0.2, 0) is 5.54 Å². The highest BCUT2D eigenvalue weighted by molar-refractivity contribution is 5.94. The Morgan fingerprint density at radius 2 is 1.69 bits per heavy atom. The molecule has 1 N–H and O–H groups in total. The predicted octanol–water partition coefficient (Wildman–Crippen LogP) is 3.93. The molecule has 1 amide bonds. The minimum Gasteiger partial charge on any atom is -0.486 e. The number of nitrogens with one attached hydrogen (secondary N) is 1. The highest BCUT2D eigenvalue weighted by Crippen LogP contribution is 2.34. The normalized spacial score (nSPS) is 13.2. The Labute approximate surface area is 170 Å². The van der Waals surface area contributed by atoms with E-state index in [1.54, 1.807) is 0 Å². The van der Waals surface area contributed by atoms with Gasteiger partial charge in [0.25, 0.3) is 5.91 Å². The standard InChI is InChI=1S/C23H25N3O3/c1-15-13-16(2)26(25-15)19-8-5-17(6-9-19)22(27)24-23(3,4)18-7-10-20-21(14-18)29-12-11-28-20/h5-10,13-14H,11-12H2,1-4H3,(H,24,27). The Morgan fingerprint density at radius 3 is 2.34 bits per heavy atom. The lowest BCUT2D eigenvalue weighted by atomic mass is 9.93. The summed E-state index contributed by atoms with van der Waals surface area (Å²) in [5.74, 6) is 1.32. The van der Waals surface area contributed by atoms with Gasteiger partial charge in [0.2, 0.25) is 0 Å². The zero-order valence-electron chi connectivity index (χ0n) is 17.2. The second-order valence-corrected chi connectivity index (χ2v) is 7.82. The van der Waals surface area contributed by atoms with Gasteiger partial charge < -0.3 is 14.8 Å². The van der Waals surface area contributed by atoms with E-state index in [1.165, 1.54) is 0 Å². The first-order valence-corrected chi connectivity index (χ1v) is 9.70. The average molecular weight is 391 g/mol. The fourth-order valence-electron chi connectivity index (χ4n) is 3.50. The van der Waals surface area contributed by atoms with Crippen molar-refractivity contribution in [3.05, 3.63) is 71.0 Å². The average Bonchev–Trinajstić information content (AvgIpc) is 3.05. The number of benzene rings is 2. The van der Waals surface area contributed by atoms with Crippen LogP contribution in [-0.4, -0.2) is 28.9 Å². The first kappa shape index (κ1) is 19.1. The van der Waals surface area contributed by atoms with Crippen LogP contribution in [0.3, 0.4) is 0 Å². The Balaban J connectivity index is 1.51.